The maximum Gasteiger partial charge on any atom is 0.406 e. The number of methoxy groups -OCH3 is 2. The monoisotopic (exact) mass is 610 g/mol. The number of amides is 3. The molecule has 12 nitrogen and oxygen atoms in total. The average molecular weight is 611 g/mol. The fourth-order valence-corrected chi connectivity index (χ4v) is 4.82. The van der Waals surface area contributed by atoms with Gasteiger partial charge in [-0.25, -0.2) is 9.18 Å². The van der Waals surface area contributed by atoms with Crippen molar-refractivity contribution in [3.8, 4) is 22.8 Å². The summed E-state index contributed by atoms with van der Waals surface area (Å²) in [5.74, 6) is 1.37. The Morgan fingerprint density at radius 2 is 1.64 bits per heavy atom. The normalized spacial score (nSPS) is 11.2. The summed E-state index contributed by atoms with van der Waals surface area (Å²) in [6, 6.07) is 10.1. The molecule has 0 saturated heterocycles. The Kier molecular flexibility index (Phi) is 11.8. The molecule has 1 aliphatic carbocycles. The van der Waals surface area contributed by atoms with Crippen molar-refractivity contribution < 1.29 is 33.0 Å². The Labute approximate surface area is 255 Å². The highest BCUT2D eigenvalue weighted by molar-refractivity contribution is 5.81. The largest absolute Gasteiger partial charge is 0.493 e. The number of unbranched alkanes of at least 4 members (excludes halogenated alkanes) is 1. The number of anilines is 2. The van der Waals surface area contributed by atoms with Gasteiger partial charge in [0.2, 0.25) is 11.8 Å². The van der Waals surface area contributed by atoms with Crippen LogP contribution in [0, 0.1) is 5.82 Å². The molecule has 13 heteroatoms. The SMILES string of the molecule is COC(=O)NCCCC(=O)NCCCCNC(=O)CCCOc1cc2c(cc1OC)-c1[nH]nc(Nc3cccc(F)c3)c1C2. The van der Waals surface area contributed by atoms with Crippen molar-refractivity contribution in [2.24, 2.45) is 0 Å². The van der Waals surface area contributed by atoms with Gasteiger partial charge in [-0.15, -0.1) is 0 Å². The standard InChI is InChI=1S/C31H39FN6O6/c1-42-25-19-23-20(16-24-29(23)37-38-30(24)36-22-9-5-8-21(32)18-22)17-26(25)44-15-7-11-28(40)34-13-4-3-12-33-27(39)10-6-14-35-31(41)43-2/h5,8-9,17-19H,3-4,6-7,10-16H2,1-2H3,(H,33,39)(H,34,40)(H,35,41)(H2,36,37,38). The van der Waals surface area contributed by atoms with Crippen molar-refractivity contribution in [3.05, 3.63) is 53.3 Å². The third-order valence-corrected chi connectivity index (χ3v) is 7.07. The lowest BCUT2D eigenvalue weighted by atomic mass is 10.1. The minimum absolute atomic E-state index is 0.0547. The van der Waals surface area contributed by atoms with Crippen molar-refractivity contribution >= 4 is 29.4 Å². The molecule has 0 radical (unpaired) electrons. The Balaban J connectivity index is 1.12. The summed E-state index contributed by atoms with van der Waals surface area (Å²) in [6.07, 6.45) is 3.32. The van der Waals surface area contributed by atoms with E-state index in [9.17, 15) is 18.8 Å². The van der Waals surface area contributed by atoms with Crippen molar-refractivity contribution in [2.45, 2.75) is 44.9 Å². The van der Waals surface area contributed by atoms with Crippen LogP contribution in [0.2, 0.25) is 0 Å². The topological polar surface area (TPSA) is 156 Å². The molecule has 3 amide bonds. The first-order chi connectivity index (χ1) is 21.4. The molecular formula is C31H39FN6O6. The van der Waals surface area contributed by atoms with Crippen molar-refractivity contribution in [3.63, 3.8) is 0 Å². The number of benzene rings is 2. The van der Waals surface area contributed by atoms with Crippen LogP contribution in [-0.2, 0) is 20.7 Å². The number of nitrogens with zero attached hydrogens (tertiary/aromatic N) is 1. The number of alkyl carbamates (subject to hydrolysis) is 1. The Morgan fingerprint density at radius 3 is 2.34 bits per heavy atom. The van der Waals surface area contributed by atoms with E-state index >= 15 is 0 Å². The van der Waals surface area contributed by atoms with Crippen molar-refractivity contribution in [1.82, 2.24) is 26.1 Å². The first kappa shape index (κ1) is 32.1. The first-order valence-electron chi connectivity index (χ1n) is 14.7. The second kappa shape index (κ2) is 16.1. The average Bonchev–Trinajstić information content (AvgIpc) is 3.57. The van der Waals surface area contributed by atoms with Crippen LogP contribution in [0.1, 0.15) is 49.7 Å². The molecule has 0 bridgehead atoms. The van der Waals surface area contributed by atoms with E-state index in [4.69, 9.17) is 9.47 Å². The lowest BCUT2D eigenvalue weighted by Gasteiger charge is -2.13. The molecule has 0 aliphatic heterocycles. The third-order valence-electron chi connectivity index (χ3n) is 7.07. The fourth-order valence-electron chi connectivity index (χ4n) is 4.82. The number of nitrogens with one attached hydrogen (secondary N) is 5. The molecule has 0 spiro atoms. The molecule has 1 aliphatic rings. The smallest absolute Gasteiger partial charge is 0.406 e. The Morgan fingerprint density at radius 1 is 0.909 bits per heavy atom. The van der Waals surface area contributed by atoms with Gasteiger partial charge < -0.3 is 35.5 Å². The number of carbonyl (C=O) groups is 3. The highest BCUT2D eigenvalue weighted by atomic mass is 19.1. The second-order valence-corrected chi connectivity index (χ2v) is 10.3. The Hall–Kier alpha value is -4.81. The maximum atomic E-state index is 13.6. The molecule has 0 fully saturated rings. The summed E-state index contributed by atoms with van der Waals surface area (Å²) in [6.45, 7) is 1.79. The molecule has 1 heterocycles. The van der Waals surface area contributed by atoms with Gasteiger partial charge in [-0.1, -0.05) is 6.07 Å². The van der Waals surface area contributed by atoms with Gasteiger partial charge in [-0.2, -0.15) is 5.10 Å². The molecule has 0 atom stereocenters. The maximum absolute atomic E-state index is 13.6. The van der Waals surface area contributed by atoms with Crippen LogP contribution in [0.25, 0.3) is 11.3 Å². The van der Waals surface area contributed by atoms with E-state index in [2.05, 4.69) is 36.2 Å². The number of fused-ring (bicyclic) bond motifs is 3. The number of rotatable bonds is 17. The van der Waals surface area contributed by atoms with Gasteiger partial charge in [0.15, 0.2) is 17.3 Å². The van der Waals surface area contributed by atoms with Gasteiger partial charge >= 0.3 is 6.09 Å². The highest BCUT2D eigenvalue weighted by Crippen LogP contribution is 2.44. The quantitative estimate of drug-likeness (QED) is 0.112. The predicted molar refractivity (Wildman–Crippen MR) is 163 cm³/mol. The zero-order chi connectivity index (χ0) is 31.3. The van der Waals surface area contributed by atoms with Gasteiger partial charge in [-0.3, -0.25) is 14.7 Å². The van der Waals surface area contributed by atoms with Gasteiger partial charge in [0.25, 0.3) is 0 Å². The molecule has 44 heavy (non-hydrogen) atoms. The van der Waals surface area contributed by atoms with Crippen LogP contribution in [0.5, 0.6) is 11.5 Å². The molecule has 236 valence electrons. The molecule has 5 N–H and O–H groups in total. The van der Waals surface area contributed by atoms with Gasteiger partial charge in [0.1, 0.15) is 5.82 Å². The van der Waals surface area contributed by atoms with E-state index in [-0.39, 0.29) is 17.6 Å². The lowest BCUT2D eigenvalue weighted by Crippen LogP contribution is -2.28. The molecule has 2 aromatic carbocycles. The minimum atomic E-state index is -0.512. The van der Waals surface area contributed by atoms with Gasteiger partial charge in [0.05, 0.1) is 26.5 Å². The first-order valence-corrected chi connectivity index (χ1v) is 14.7. The van der Waals surface area contributed by atoms with Crippen LogP contribution in [0.3, 0.4) is 0 Å². The summed E-state index contributed by atoms with van der Waals surface area (Å²) in [4.78, 5) is 35.0. The summed E-state index contributed by atoms with van der Waals surface area (Å²) >= 11 is 0. The van der Waals surface area contributed by atoms with E-state index in [0.29, 0.717) is 81.3 Å². The van der Waals surface area contributed by atoms with Gasteiger partial charge in [-0.05, 0) is 61.6 Å². The van der Waals surface area contributed by atoms with E-state index in [1.165, 1.54) is 19.2 Å². The number of hydrogen-bond acceptors (Lipinski definition) is 8. The minimum Gasteiger partial charge on any atom is -0.493 e. The van der Waals surface area contributed by atoms with Crippen LogP contribution in [0.4, 0.5) is 20.7 Å². The predicted octanol–water partition coefficient (Wildman–Crippen LogP) is 4.18. The van der Waals surface area contributed by atoms with Crippen molar-refractivity contribution in [2.75, 3.05) is 45.8 Å². The van der Waals surface area contributed by atoms with E-state index in [0.717, 1.165) is 35.2 Å². The summed E-state index contributed by atoms with van der Waals surface area (Å²) in [7, 11) is 2.87. The molecule has 4 rings (SSSR count). The molecule has 0 unspecified atom stereocenters. The zero-order valence-electron chi connectivity index (χ0n) is 25.0. The molecular weight excluding hydrogens is 571 g/mol. The van der Waals surface area contributed by atoms with Gasteiger partial charge in [0, 0.05) is 55.7 Å². The van der Waals surface area contributed by atoms with E-state index in [1.54, 1.807) is 19.2 Å². The van der Waals surface area contributed by atoms with Crippen molar-refractivity contribution in [1.29, 1.82) is 0 Å². The van der Waals surface area contributed by atoms with Crippen LogP contribution in [-0.4, -0.2) is 68.6 Å². The number of aromatic nitrogens is 2. The van der Waals surface area contributed by atoms with E-state index < -0.39 is 6.09 Å². The summed E-state index contributed by atoms with van der Waals surface area (Å²) < 4.78 is 29.7. The third kappa shape index (κ3) is 9.09. The van der Waals surface area contributed by atoms with Crippen LogP contribution in [0.15, 0.2) is 36.4 Å². The zero-order valence-corrected chi connectivity index (χ0v) is 25.0. The molecule has 1 aromatic heterocycles. The number of ether oxygens (including phenoxy) is 3. The van der Waals surface area contributed by atoms with Crippen LogP contribution >= 0.6 is 0 Å². The lowest BCUT2D eigenvalue weighted by molar-refractivity contribution is -0.122. The second-order valence-electron chi connectivity index (χ2n) is 10.3. The summed E-state index contributed by atoms with van der Waals surface area (Å²) in [5.41, 5.74) is 4.50. The molecule has 0 saturated carbocycles. The Bertz CT molecular complexity index is 1450. The number of hydrogen-bond donors (Lipinski definition) is 5. The number of H-pyrrole nitrogens is 1. The van der Waals surface area contributed by atoms with Crippen LogP contribution < -0.4 is 30.7 Å². The molecule has 3 aromatic rings. The summed E-state index contributed by atoms with van der Waals surface area (Å²) in [5, 5.41) is 18.9. The van der Waals surface area contributed by atoms with E-state index in [1.807, 2.05) is 12.1 Å². The fraction of sp³-hybridized carbons (Fsp3) is 0.419. The highest BCUT2D eigenvalue weighted by Gasteiger charge is 2.27. The number of aromatic amines is 1. The number of carbonyl (C=O) groups excluding carboxylic acids is 3. The number of halogens is 1.